The average molecular weight is 247 g/mol. The van der Waals surface area contributed by atoms with Crippen molar-refractivity contribution in [1.82, 2.24) is 0 Å². The van der Waals surface area contributed by atoms with Crippen LogP contribution < -0.4 is 5.30 Å². The first-order chi connectivity index (χ1) is 8.02. The highest BCUT2D eigenvalue weighted by atomic mass is 31.1. The van der Waals surface area contributed by atoms with E-state index in [1.807, 2.05) is 12.1 Å². The van der Waals surface area contributed by atoms with Gasteiger partial charge in [0.2, 0.25) is 0 Å². The van der Waals surface area contributed by atoms with E-state index >= 15 is 0 Å². The van der Waals surface area contributed by atoms with Crippen LogP contribution in [0, 0.1) is 23.2 Å². The Hall–Kier alpha value is -0.860. The summed E-state index contributed by atoms with van der Waals surface area (Å²) in [5.41, 5.74) is 0.762. The van der Waals surface area contributed by atoms with E-state index in [2.05, 4.69) is 45.9 Å². The van der Waals surface area contributed by atoms with Crippen LogP contribution in [0.5, 0.6) is 0 Å². The fraction of sp³-hybridized carbons (Fsp3) is 0.533. The van der Waals surface area contributed by atoms with E-state index in [0.717, 1.165) is 17.4 Å². The highest BCUT2D eigenvalue weighted by Gasteiger charge is 2.14. The molecule has 0 saturated heterocycles. The van der Waals surface area contributed by atoms with Crippen LogP contribution in [-0.4, -0.2) is 12.3 Å². The summed E-state index contributed by atoms with van der Waals surface area (Å²) in [6.07, 6.45) is 2.58. The molecule has 0 bridgehead atoms. The van der Waals surface area contributed by atoms with Gasteiger partial charge in [-0.05, 0) is 41.6 Å². The Balaban J connectivity index is 2.84. The molecule has 1 nitrogen and oxygen atoms in total. The maximum absolute atomic E-state index is 8.81. The quantitative estimate of drug-likeness (QED) is 0.722. The van der Waals surface area contributed by atoms with E-state index in [1.165, 1.54) is 17.6 Å². The zero-order valence-corrected chi connectivity index (χ0v) is 12.2. The maximum Gasteiger partial charge on any atom is 0.0991 e. The second-order valence-corrected chi connectivity index (χ2v) is 7.68. The van der Waals surface area contributed by atoms with Gasteiger partial charge < -0.3 is 0 Å². The van der Waals surface area contributed by atoms with Gasteiger partial charge in [0, 0.05) is 0 Å². The Bertz CT molecular complexity index is 363. The number of hydrogen-bond donors (Lipinski definition) is 0. The van der Waals surface area contributed by atoms with Gasteiger partial charge in [0.15, 0.2) is 0 Å². The third kappa shape index (κ3) is 4.88. The normalized spacial score (nSPS) is 11.2. The molecule has 0 aliphatic carbocycles. The summed E-state index contributed by atoms with van der Waals surface area (Å²) in [5, 5.41) is 10.3. The molecule has 2 heteroatoms. The number of nitriles is 1. The predicted octanol–water partition coefficient (Wildman–Crippen LogP) is 3.98. The lowest BCUT2D eigenvalue weighted by atomic mass is 10.2. The minimum absolute atomic E-state index is 0.0615. The molecule has 17 heavy (non-hydrogen) atoms. The first kappa shape index (κ1) is 14.2. The summed E-state index contributed by atoms with van der Waals surface area (Å²) in [6.45, 7) is 9.16. The van der Waals surface area contributed by atoms with E-state index < -0.39 is 0 Å². The van der Waals surface area contributed by atoms with Crippen molar-refractivity contribution in [3.63, 3.8) is 0 Å². The van der Waals surface area contributed by atoms with E-state index in [1.54, 1.807) is 0 Å². The molecule has 0 aromatic heterocycles. The summed E-state index contributed by atoms with van der Waals surface area (Å²) >= 11 is 0. The SMILES string of the molecule is CC(C)CP(CC(C)C)c1ccc(C#N)cc1. The van der Waals surface area contributed by atoms with E-state index in [0.29, 0.717) is 0 Å². The maximum atomic E-state index is 8.81. The van der Waals surface area contributed by atoms with E-state index in [4.69, 9.17) is 5.26 Å². The molecular formula is C15H22NP. The van der Waals surface area contributed by atoms with Gasteiger partial charge in [-0.25, -0.2) is 0 Å². The van der Waals surface area contributed by atoms with Crippen LogP contribution in [0.3, 0.4) is 0 Å². The summed E-state index contributed by atoms with van der Waals surface area (Å²) in [4.78, 5) is 0. The minimum Gasteiger partial charge on any atom is -0.192 e. The molecule has 1 aromatic rings. The van der Waals surface area contributed by atoms with Crippen molar-refractivity contribution >= 4 is 13.2 Å². The predicted molar refractivity (Wildman–Crippen MR) is 77.1 cm³/mol. The zero-order chi connectivity index (χ0) is 12.8. The topological polar surface area (TPSA) is 23.8 Å². The molecule has 0 aliphatic heterocycles. The third-order valence-corrected chi connectivity index (χ3v) is 5.90. The first-order valence-electron chi connectivity index (χ1n) is 6.28. The van der Waals surface area contributed by atoms with Crippen LogP contribution in [0.1, 0.15) is 33.3 Å². The standard InChI is InChI=1S/C15H22NP/c1-12(2)10-17(11-13(3)4)15-7-5-14(9-16)6-8-15/h5-8,12-13H,10-11H2,1-4H3. The van der Waals surface area contributed by atoms with Crippen molar-refractivity contribution in [2.24, 2.45) is 11.8 Å². The van der Waals surface area contributed by atoms with Gasteiger partial charge in [0.1, 0.15) is 0 Å². The molecule has 92 valence electrons. The molecule has 0 heterocycles. The Morgan fingerprint density at radius 2 is 1.47 bits per heavy atom. The Kier molecular flexibility index (Phi) is 5.66. The summed E-state index contributed by atoms with van der Waals surface area (Å²) < 4.78 is 0. The molecule has 0 aliphatic rings. The number of benzene rings is 1. The molecule has 0 N–H and O–H groups in total. The molecule has 0 saturated carbocycles. The highest BCUT2D eigenvalue weighted by molar-refractivity contribution is 7.65. The average Bonchev–Trinajstić information content (AvgIpc) is 2.27. The van der Waals surface area contributed by atoms with Crippen LogP contribution in [-0.2, 0) is 0 Å². The van der Waals surface area contributed by atoms with Crippen molar-refractivity contribution in [2.75, 3.05) is 12.3 Å². The van der Waals surface area contributed by atoms with Crippen LogP contribution in [0.2, 0.25) is 0 Å². The number of nitrogens with zero attached hydrogens (tertiary/aromatic N) is 1. The molecule has 0 atom stereocenters. The van der Waals surface area contributed by atoms with Crippen molar-refractivity contribution < 1.29 is 0 Å². The second kappa shape index (κ2) is 6.77. The Labute approximate surface area is 107 Å². The zero-order valence-electron chi connectivity index (χ0n) is 11.3. The van der Waals surface area contributed by atoms with E-state index in [9.17, 15) is 0 Å². The van der Waals surface area contributed by atoms with Crippen LogP contribution in [0.4, 0.5) is 0 Å². The molecule has 0 spiro atoms. The fourth-order valence-electron chi connectivity index (χ4n) is 1.91. The first-order valence-corrected chi connectivity index (χ1v) is 7.99. The van der Waals surface area contributed by atoms with Gasteiger partial charge >= 0.3 is 0 Å². The lowest BCUT2D eigenvalue weighted by Crippen LogP contribution is -2.12. The lowest BCUT2D eigenvalue weighted by molar-refractivity contribution is 0.721. The molecule has 1 rings (SSSR count). The van der Waals surface area contributed by atoms with Crippen LogP contribution >= 0.6 is 7.92 Å². The summed E-state index contributed by atoms with van der Waals surface area (Å²) in [7, 11) is -0.0615. The van der Waals surface area contributed by atoms with E-state index in [-0.39, 0.29) is 7.92 Å². The van der Waals surface area contributed by atoms with Gasteiger partial charge in [-0.1, -0.05) is 47.7 Å². The minimum atomic E-state index is -0.0615. The number of rotatable bonds is 5. The molecule has 0 unspecified atom stereocenters. The van der Waals surface area contributed by atoms with Crippen LogP contribution in [0.15, 0.2) is 24.3 Å². The van der Waals surface area contributed by atoms with Gasteiger partial charge in [-0.15, -0.1) is 0 Å². The lowest BCUT2D eigenvalue weighted by Gasteiger charge is -2.22. The summed E-state index contributed by atoms with van der Waals surface area (Å²) in [6, 6.07) is 10.4. The van der Waals surface area contributed by atoms with Gasteiger partial charge in [-0.2, -0.15) is 5.26 Å². The molecular weight excluding hydrogens is 225 g/mol. The van der Waals surface area contributed by atoms with Crippen LogP contribution in [0.25, 0.3) is 0 Å². The second-order valence-electron chi connectivity index (χ2n) is 5.35. The Morgan fingerprint density at radius 3 is 1.82 bits per heavy atom. The smallest absolute Gasteiger partial charge is 0.0991 e. The monoisotopic (exact) mass is 247 g/mol. The van der Waals surface area contributed by atoms with Gasteiger partial charge in [0.25, 0.3) is 0 Å². The molecule has 0 fully saturated rings. The third-order valence-electron chi connectivity index (χ3n) is 2.53. The highest BCUT2D eigenvalue weighted by Crippen LogP contribution is 2.38. The largest absolute Gasteiger partial charge is 0.192 e. The molecule has 0 radical (unpaired) electrons. The number of hydrogen-bond acceptors (Lipinski definition) is 1. The molecule has 1 aromatic carbocycles. The van der Waals surface area contributed by atoms with Crippen molar-refractivity contribution in [2.45, 2.75) is 27.7 Å². The van der Waals surface area contributed by atoms with Gasteiger partial charge in [0.05, 0.1) is 11.6 Å². The fourth-order valence-corrected chi connectivity index (χ4v) is 4.82. The summed E-state index contributed by atoms with van der Waals surface area (Å²) in [5.74, 6) is 1.49. The Morgan fingerprint density at radius 1 is 1.00 bits per heavy atom. The van der Waals surface area contributed by atoms with Crippen molar-refractivity contribution in [3.05, 3.63) is 29.8 Å². The van der Waals surface area contributed by atoms with Crippen molar-refractivity contribution in [3.8, 4) is 6.07 Å². The van der Waals surface area contributed by atoms with Crippen molar-refractivity contribution in [1.29, 1.82) is 5.26 Å². The van der Waals surface area contributed by atoms with Gasteiger partial charge in [-0.3, -0.25) is 0 Å². The molecule has 0 amide bonds.